The maximum absolute atomic E-state index is 13.1. The second kappa shape index (κ2) is 7.86. The van der Waals surface area contributed by atoms with Crippen LogP contribution >= 0.6 is 0 Å². The van der Waals surface area contributed by atoms with Crippen LogP contribution in [0.3, 0.4) is 0 Å². The Labute approximate surface area is 175 Å². The zero-order valence-corrected chi connectivity index (χ0v) is 17.7. The summed E-state index contributed by atoms with van der Waals surface area (Å²) >= 11 is 0. The summed E-state index contributed by atoms with van der Waals surface area (Å²) in [6.07, 6.45) is 1.08. The lowest BCUT2D eigenvalue weighted by atomic mass is 9.87. The first kappa shape index (κ1) is 20.0. The van der Waals surface area contributed by atoms with Crippen molar-refractivity contribution in [3.05, 3.63) is 69.0 Å². The highest BCUT2D eigenvalue weighted by Crippen LogP contribution is 2.40. The lowest BCUT2D eigenvalue weighted by Gasteiger charge is -2.37. The molecule has 6 heteroatoms. The van der Waals surface area contributed by atoms with E-state index in [0.717, 1.165) is 27.6 Å². The summed E-state index contributed by atoms with van der Waals surface area (Å²) in [5.74, 6) is 1.25. The number of pyridine rings is 1. The molecule has 0 radical (unpaired) electrons. The number of aryl methyl sites for hydroxylation is 1. The van der Waals surface area contributed by atoms with Gasteiger partial charge in [-0.25, -0.2) is 0 Å². The fourth-order valence-corrected chi connectivity index (χ4v) is 4.29. The molecular formula is C24H26N2O4. The highest BCUT2D eigenvalue weighted by Gasteiger charge is 2.34. The molecule has 0 saturated heterocycles. The molecule has 0 fully saturated rings. The van der Waals surface area contributed by atoms with Gasteiger partial charge in [0.25, 0.3) is 5.56 Å². The topological polar surface area (TPSA) is 71.6 Å². The van der Waals surface area contributed by atoms with Gasteiger partial charge in [-0.1, -0.05) is 19.1 Å². The highest BCUT2D eigenvalue weighted by atomic mass is 16.5. The third-order valence-corrected chi connectivity index (χ3v) is 5.82. The summed E-state index contributed by atoms with van der Waals surface area (Å²) in [6, 6.07) is 11.2. The second-order valence-electron chi connectivity index (χ2n) is 7.64. The SMILES string of the molecule is CCC(=O)N1CCc2cc(OC)c(OC)cc2[C@@H]1c1cc2ccc(C)cc2[nH]c1=O. The van der Waals surface area contributed by atoms with Crippen molar-refractivity contribution in [1.29, 1.82) is 0 Å². The first-order chi connectivity index (χ1) is 14.5. The molecule has 3 aromatic rings. The molecule has 1 amide bonds. The molecule has 0 spiro atoms. The van der Waals surface area contributed by atoms with Crippen LogP contribution < -0.4 is 15.0 Å². The van der Waals surface area contributed by atoms with Gasteiger partial charge < -0.3 is 19.4 Å². The number of ether oxygens (including phenoxy) is 2. The Morgan fingerprint density at radius 3 is 2.53 bits per heavy atom. The van der Waals surface area contributed by atoms with Crippen molar-refractivity contribution < 1.29 is 14.3 Å². The van der Waals surface area contributed by atoms with Crippen molar-refractivity contribution in [2.45, 2.75) is 32.7 Å². The number of hydrogen-bond donors (Lipinski definition) is 1. The first-order valence-corrected chi connectivity index (χ1v) is 10.1. The van der Waals surface area contributed by atoms with Gasteiger partial charge in [-0.15, -0.1) is 0 Å². The van der Waals surface area contributed by atoms with E-state index in [1.54, 1.807) is 19.1 Å². The number of aromatic nitrogens is 1. The Hall–Kier alpha value is -3.28. The van der Waals surface area contributed by atoms with E-state index in [1.165, 1.54) is 0 Å². The fraction of sp³-hybridized carbons (Fsp3) is 0.333. The third-order valence-electron chi connectivity index (χ3n) is 5.82. The third kappa shape index (κ3) is 3.32. The molecule has 0 unspecified atom stereocenters. The molecule has 2 heterocycles. The van der Waals surface area contributed by atoms with E-state index in [9.17, 15) is 9.59 Å². The second-order valence-corrected chi connectivity index (χ2v) is 7.64. The standard InChI is InChI=1S/C24H26N2O4/c1-5-22(27)26-9-8-15-12-20(29-3)21(30-4)13-17(15)23(26)18-11-16-7-6-14(2)10-19(16)25-24(18)28/h6-7,10-13,23H,5,8-9H2,1-4H3,(H,25,28)/t23-/m1/s1. The zero-order valence-electron chi connectivity index (χ0n) is 17.7. The largest absolute Gasteiger partial charge is 0.493 e. The molecule has 1 aliphatic heterocycles. The van der Waals surface area contributed by atoms with Crippen molar-refractivity contribution in [3.8, 4) is 11.5 Å². The summed E-state index contributed by atoms with van der Waals surface area (Å²) in [6.45, 7) is 4.38. The number of hydrogen-bond acceptors (Lipinski definition) is 4. The van der Waals surface area contributed by atoms with Crippen LogP contribution in [-0.4, -0.2) is 36.6 Å². The number of fused-ring (bicyclic) bond motifs is 2. The van der Waals surface area contributed by atoms with E-state index in [-0.39, 0.29) is 11.5 Å². The number of carbonyl (C=O) groups excluding carboxylic acids is 1. The van der Waals surface area contributed by atoms with Crippen LogP contribution in [0.2, 0.25) is 0 Å². The lowest BCUT2D eigenvalue weighted by molar-refractivity contribution is -0.132. The molecule has 1 N–H and O–H groups in total. The van der Waals surface area contributed by atoms with E-state index in [1.807, 2.05) is 50.2 Å². The molecule has 1 atom stereocenters. The molecule has 0 aliphatic carbocycles. The van der Waals surface area contributed by atoms with Gasteiger partial charge in [-0.3, -0.25) is 9.59 Å². The monoisotopic (exact) mass is 406 g/mol. The van der Waals surface area contributed by atoms with Gasteiger partial charge in [-0.2, -0.15) is 0 Å². The molecule has 30 heavy (non-hydrogen) atoms. The van der Waals surface area contributed by atoms with E-state index < -0.39 is 6.04 Å². The maximum atomic E-state index is 13.1. The van der Waals surface area contributed by atoms with Crippen molar-refractivity contribution in [1.82, 2.24) is 9.88 Å². The Morgan fingerprint density at radius 2 is 1.83 bits per heavy atom. The van der Waals surface area contributed by atoms with Gasteiger partial charge in [0.1, 0.15) is 0 Å². The summed E-state index contributed by atoms with van der Waals surface area (Å²) in [7, 11) is 3.19. The number of rotatable bonds is 4. The summed E-state index contributed by atoms with van der Waals surface area (Å²) < 4.78 is 11.0. The number of nitrogens with zero attached hydrogens (tertiary/aromatic N) is 1. The summed E-state index contributed by atoms with van der Waals surface area (Å²) in [5, 5.41) is 0.937. The van der Waals surface area contributed by atoms with Gasteiger partial charge in [0, 0.05) is 24.0 Å². The Bertz CT molecular complexity index is 1180. The molecule has 2 aromatic carbocycles. The fourth-order valence-electron chi connectivity index (χ4n) is 4.29. The number of nitrogens with one attached hydrogen (secondary N) is 1. The highest BCUT2D eigenvalue weighted by molar-refractivity contribution is 5.81. The Kier molecular flexibility index (Phi) is 5.24. The minimum absolute atomic E-state index is 0.0174. The van der Waals surface area contributed by atoms with Gasteiger partial charge in [0.2, 0.25) is 5.91 Å². The van der Waals surface area contributed by atoms with Crippen LogP contribution in [-0.2, 0) is 11.2 Å². The van der Waals surface area contributed by atoms with Crippen LogP contribution in [0, 0.1) is 6.92 Å². The molecule has 0 bridgehead atoms. The molecule has 156 valence electrons. The first-order valence-electron chi connectivity index (χ1n) is 10.1. The number of aromatic amines is 1. The average molecular weight is 406 g/mol. The summed E-state index contributed by atoms with van der Waals surface area (Å²) in [4.78, 5) is 30.8. The van der Waals surface area contributed by atoms with Gasteiger partial charge in [-0.05, 0) is 59.7 Å². The van der Waals surface area contributed by atoms with Crippen LogP contribution in [0.5, 0.6) is 11.5 Å². The van der Waals surface area contributed by atoms with Crippen molar-refractivity contribution in [3.63, 3.8) is 0 Å². The minimum Gasteiger partial charge on any atom is -0.493 e. The number of amides is 1. The number of benzene rings is 2. The Balaban J connectivity index is 1.96. The zero-order chi connectivity index (χ0) is 21.4. The van der Waals surface area contributed by atoms with E-state index in [4.69, 9.17) is 9.47 Å². The molecule has 1 aromatic heterocycles. The predicted molar refractivity (Wildman–Crippen MR) is 116 cm³/mol. The quantitative estimate of drug-likeness (QED) is 0.717. The van der Waals surface area contributed by atoms with Crippen LogP contribution in [0.4, 0.5) is 0 Å². The Morgan fingerprint density at radius 1 is 1.10 bits per heavy atom. The number of carbonyl (C=O) groups is 1. The van der Waals surface area contributed by atoms with Crippen molar-refractivity contribution in [2.24, 2.45) is 0 Å². The van der Waals surface area contributed by atoms with E-state index in [2.05, 4.69) is 4.98 Å². The lowest BCUT2D eigenvalue weighted by Crippen LogP contribution is -2.42. The molecule has 1 aliphatic rings. The van der Waals surface area contributed by atoms with E-state index in [0.29, 0.717) is 36.4 Å². The predicted octanol–water partition coefficient (Wildman–Crippen LogP) is 3.74. The number of methoxy groups -OCH3 is 2. The number of H-pyrrole nitrogens is 1. The average Bonchev–Trinajstić information content (AvgIpc) is 2.76. The van der Waals surface area contributed by atoms with Gasteiger partial charge in [0.15, 0.2) is 11.5 Å². The smallest absolute Gasteiger partial charge is 0.254 e. The van der Waals surface area contributed by atoms with Gasteiger partial charge >= 0.3 is 0 Å². The molecule has 6 nitrogen and oxygen atoms in total. The maximum Gasteiger partial charge on any atom is 0.254 e. The van der Waals surface area contributed by atoms with Crippen LogP contribution in [0.1, 0.15) is 41.6 Å². The minimum atomic E-state index is -0.476. The van der Waals surface area contributed by atoms with Crippen molar-refractivity contribution >= 4 is 16.8 Å². The van der Waals surface area contributed by atoms with E-state index >= 15 is 0 Å². The van der Waals surface area contributed by atoms with Crippen LogP contribution in [0.25, 0.3) is 10.9 Å². The molecule has 4 rings (SSSR count). The molecular weight excluding hydrogens is 380 g/mol. The van der Waals surface area contributed by atoms with Crippen LogP contribution in [0.15, 0.2) is 41.2 Å². The van der Waals surface area contributed by atoms with Crippen molar-refractivity contribution in [2.75, 3.05) is 20.8 Å². The molecule has 0 saturated carbocycles. The van der Waals surface area contributed by atoms with Gasteiger partial charge in [0.05, 0.1) is 20.3 Å². The normalized spacial score (nSPS) is 15.7. The summed E-state index contributed by atoms with van der Waals surface area (Å²) in [5.41, 5.74) is 4.20.